The Bertz CT molecular complexity index is 1540. The van der Waals surface area contributed by atoms with Crippen molar-refractivity contribution in [1.82, 2.24) is 0 Å². The topological polar surface area (TPSA) is 96.0 Å². The molecule has 0 amide bonds. The second-order valence-corrected chi connectivity index (χ2v) is 9.07. The van der Waals surface area contributed by atoms with E-state index in [4.69, 9.17) is 14.2 Å². The summed E-state index contributed by atoms with van der Waals surface area (Å²) in [6, 6.07) is 23.5. The van der Waals surface area contributed by atoms with Crippen molar-refractivity contribution < 1.29 is 33.4 Å². The maximum absolute atomic E-state index is 13.1. The van der Waals surface area contributed by atoms with Crippen molar-refractivity contribution in [2.75, 3.05) is 26.4 Å². The SMILES string of the molecule is O=C1c2ccccc2C(=O)c2c(OCCOCCOc3cccc4c3C(=O)c3ccccc3C4=O)cccc21. The Balaban J connectivity index is 1.05. The number of ketones is 4. The first-order chi connectivity index (χ1) is 19.1. The Hall–Kier alpha value is -4.88. The minimum atomic E-state index is -0.244. The van der Waals surface area contributed by atoms with Crippen molar-refractivity contribution in [1.29, 1.82) is 0 Å². The number of hydrogen-bond acceptors (Lipinski definition) is 7. The maximum Gasteiger partial charge on any atom is 0.198 e. The number of carbonyl (C=O) groups excluding carboxylic acids is 4. The summed E-state index contributed by atoms with van der Waals surface area (Å²) in [7, 11) is 0. The van der Waals surface area contributed by atoms with Crippen LogP contribution >= 0.6 is 0 Å². The highest BCUT2D eigenvalue weighted by Crippen LogP contribution is 2.34. The minimum absolute atomic E-state index is 0.157. The summed E-state index contributed by atoms with van der Waals surface area (Å²) >= 11 is 0. The largest absolute Gasteiger partial charge is 0.490 e. The molecule has 0 aliphatic heterocycles. The van der Waals surface area contributed by atoms with E-state index in [2.05, 4.69) is 0 Å². The maximum atomic E-state index is 13.1. The highest BCUT2D eigenvalue weighted by Gasteiger charge is 2.33. The Morgan fingerprint density at radius 1 is 0.385 bits per heavy atom. The summed E-state index contributed by atoms with van der Waals surface area (Å²) in [6.45, 7) is 0.737. The zero-order chi connectivity index (χ0) is 26.9. The second kappa shape index (κ2) is 10.1. The average molecular weight is 519 g/mol. The van der Waals surface area contributed by atoms with Gasteiger partial charge in [0.1, 0.15) is 24.7 Å². The molecule has 4 aromatic carbocycles. The average Bonchev–Trinajstić information content (AvgIpc) is 2.98. The molecule has 7 nitrogen and oxygen atoms in total. The van der Waals surface area contributed by atoms with E-state index >= 15 is 0 Å². The van der Waals surface area contributed by atoms with Crippen molar-refractivity contribution in [3.05, 3.63) is 129 Å². The number of ether oxygens (including phenoxy) is 3. The van der Waals surface area contributed by atoms with Crippen LogP contribution in [0.2, 0.25) is 0 Å². The Kier molecular flexibility index (Phi) is 6.34. The third-order valence-corrected chi connectivity index (χ3v) is 6.80. The van der Waals surface area contributed by atoms with Crippen LogP contribution in [-0.2, 0) is 4.74 Å². The molecule has 0 saturated heterocycles. The van der Waals surface area contributed by atoms with E-state index in [1.165, 1.54) is 0 Å². The molecule has 0 N–H and O–H groups in total. The lowest BCUT2D eigenvalue weighted by Gasteiger charge is -2.20. The molecule has 0 radical (unpaired) electrons. The molecule has 0 aromatic heterocycles. The van der Waals surface area contributed by atoms with E-state index in [1.807, 2.05) is 0 Å². The molecule has 0 fully saturated rings. The highest BCUT2D eigenvalue weighted by molar-refractivity contribution is 6.30. The first-order valence-electron chi connectivity index (χ1n) is 12.5. The Labute approximate surface area is 223 Å². The van der Waals surface area contributed by atoms with Gasteiger partial charge in [-0.25, -0.2) is 0 Å². The predicted octanol–water partition coefficient (Wildman–Crippen LogP) is 4.71. The van der Waals surface area contributed by atoms with Crippen LogP contribution in [0.4, 0.5) is 0 Å². The molecule has 2 aliphatic rings. The monoisotopic (exact) mass is 518 g/mol. The van der Waals surface area contributed by atoms with Gasteiger partial charge in [0.05, 0.1) is 24.3 Å². The van der Waals surface area contributed by atoms with E-state index in [-0.39, 0.29) is 60.7 Å². The standard InChI is InChI=1S/C32H22O7/c33-29-19-7-1-3-9-21(19)31(35)27-23(29)11-5-13-25(27)38-17-15-37-16-18-39-26-14-6-12-24-28(26)32(36)22-10-4-2-8-20(22)30(24)34/h1-14H,15-18H2. The van der Waals surface area contributed by atoms with Crippen molar-refractivity contribution in [3.63, 3.8) is 0 Å². The molecule has 7 heteroatoms. The Morgan fingerprint density at radius 3 is 1.15 bits per heavy atom. The molecular formula is C32H22O7. The molecular weight excluding hydrogens is 496 g/mol. The van der Waals surface area contributed by atoms with Gasteiger partial charge >= 0.3 is 0 Å². The number of benzene rings is 4. The van der Waals surface area contributed by atoms with E-state index in [0.717, 1.165) is 0 Å². The number of hydrogen-bond donors (Lipinski definition) is 0. The van der Waals surface area contributed by atoms with E-state index in [9.17, 15) is 19.2 Å². The van der Waals surface area contributed by atoms with Gasteiger partial charge in [-0.05, 0) is 12.1 Å². The van der Waals surface area contributed by atoms with Gasteiger partial charge in [0, 0.05) is 33.4 Å². The molecule has 0 unspecified atom stereocenters. The lowest BCUT2D eigenvalue weighted by molar-refractivity contribution is 0.0751. The van der Waals surface area contributed by atoms with Gasteiger partial charge in [0.25, 0.3) is 0 Å². The van der Waals surface area contributed by atoms with Crippen LogP contribution in [0, 0.1) is 0 Å². The molecule has 4 aromatic rings. The first kappa shape index (κ1) is 24.5. The molecule has 6 rings (SSSR count). The van der Waals surface area contributed by atoms with Gasteiger partial charge in [-0.15, -0.1) is 0 Å². The summed E-state index contributed by atoms with van der Waals surface area (Å²) in [5, 5.41) is 0. The van der Waals surface area contributed by atoms with Crippen LogP contribution in [0.15, 0.2) is 84.9 Å². The zero-order valence-electron chi connectivity index (χ0n) is 20.8. The molecule has 0 spiro atoms. The van der Waals surface area contributed by atoms with Gasteiger partial charge < -0.3 is 14.2 Å². The van der Waals surface area contributed by atoms with Crippen LogP contribution in [0.25, 0.3) is 0 Å². The molecule has 0 bridgehead atoms. The fraction of sp³-hybridized carbons (Fsp3) is 0.125. The van der Waals surface area contributed by atoms with E-state index in [0.29, 0.717) is 44.9 Å². The van der Waals surface area contributed by atoms with Crippen LogP contribution in [0.5, 0.6) is 11.5 Å². The summed E-state index contributed by atoms with van der Waals surface area (Å²) in [5.74, 6) is -0.227. The lowest BCUT2D eigenvalue weighted by atomic mass is 9.83. The highest BCUT2D eigenvalue weighted by atomic mass is 16.5. The minimum Gasteiger partial charge on any atom is -0.490 e. The van der Waals surface area contributed by atoms with Crippen LogP contribution in [-0.4, -0.2) is 49.6 Å². The molecule has 2 aliphatic carbocycles. The van der Waals surface area contributed by atoms with E-state index in [1.54, 1.807) is 84.9 Å². The summed E-state index contributed by atoms with van der Waals surface area (Å²) in [5.41, 5.74) is 2.70. The van der Waals surface area contributed by atoms with Crippen molar-refractivity contribution >= 4 is 23.1 Å². The van der Waals surface area contributed by atoms with Crippen molar-refractivity contribution in [2.45, 2.75) is 0 Å². The van der Waals surface area contributed by atoms with Crippen molar-refractivity contribution in [3.8, 4) is 11.5 Å². The van der Waals surface area contributed by atoms with Crippen molar-refractivity contribution in [2.24, 2.45) is 0 Å². The second-order valence-electron chi connectivity index (χ2n) is 9.07. The van der Waals surface area contributed by atoms with Crippen LogP contribution < -0.4 is 9.47 Å². The number of rotatable bonds is 8. The lowest BCUT2D eigenvalue weighted by Crippen LogP contribution is -2.22. The van der Waals surface area contributed by atoms with Gasteiger partial charge in [0.2, 0.25) is 0 Å². The quantitative estimate of drug-likeness (QED) is 0.269. The van der Waals surface area contributed by atoms with Gasteiger partial charge in [0.15, 0.2) is 23.1 Å². The van der Waals surface area contributed by atoms with E-state index < -0.39 is 0 Å². The third-order valence-electron chi connectivity index (χ3n) is 6.80. The van der Waals surface area contributed by atoms with Gasteiger partial charge in [-0.3, -0.25) is 19.2 Å². The molecule has 39 heavy (non-hydrogen) atoms. The Morgan fingerprint density at radius 2 is 0.744 bits per heavy atom. The van der Waals surface area contributed by atoms with Gasteiger partial charge in [-0.1, -0.05) is 72.8 Å². The summed E-state index contributed by atoms with van der Waals surface area (Å²) in [4.78, 5) is 51.9. The molecule has 192 valence electrons. The summed E-state index contributed by atoms with van der Waals surface area (Å²) < 4.78 is 17.3. The third kappa shape index (κ3) is 4.23. The fourth-order valence-corrected chi connectivity index (χ4v) is 4.99. The number of carbonyl (C=O) groups is 4. The van der Waals surface area contributed by atoms with Crippen LogP contribution in [0.1, 0.15) is 63.7 Å². The van der Waals surface area contributed by atoms with Gasteiger partial charge in [-0.2, -0.15) is 0 Å². The first-order valence-corrected chi connectivity index (χ1v) is 12.5. The normalized spacial score (nSPS) is 13.3. The summed E-state index contributed by atoms with van der Waals surface area (Å²) in [6.07, 6.45) is 0. The van der Waals surface area contributed by atoms with Crippen LogP contribution in [0.3, 0.4) is 0 Å². The smallest absolute Gasteiger partial charge is 0.198 e. The fourth-order valence-electron chi connectivity index (χ4n) is 4.99. The number of fused-ring (bicyclic) bond motifs is 4. The predicted molar refractivity (Wildman–Crippen MR) is 141 cm³/mol. The zero-order valence-corrected chi connectivity index (χ0v) is 20.8. The molecule has 0 atom stereocenters. The molecule has 0 heterocycles. The molecule has 0 saturated carbocycles.